The fourth-order valence-corrected chi connectivity index (χ4v) is 2.14. The van der Waals surface area contributed by atoms with E-state index in [9.17, 15) is 4.79 Å². The van der Waals surface area contributed by atoms with Gasteiger partial charge in [0.25, 0.3) is 0 Å². The van der Waals surface area contributed by atoms with Crippen molar-refractivity contribution >= 4 is 17.4 Å². The first-order chi connectivity index (χ1) is 10.9. The van der Waals surface area contributed by atoms with Crippen LogP contribution in [0.3, 0.4) is 0 Å². The van der Waals surface area contributed by atoms with Gasteiger partial charge in [0.15, 0.2) is 0 Å². The Bertz CT molecular complexity index is 630. The molecule has 23 heavy (non-hydrogen) atoms. The van der Waals surface area contributed by atoms with Crippen LogP contribution < -0.4 is 10.2 Å². The number of nitrogens with zero attached hydrogens (tertiary/aromatic N) is 2. The number of aromatic nitrogens is 1. The Morgan fingerprint density at radius 1 is 1.13 bits per heavy atom. The Morgan fingerprint density at radius 3 is 2.35 bits per heavy atom. The van der Waals surface area contributed by atoms with Crippen molar-refractivity contribution < 1.29 is 4.79 Å². The summed E-state index contributed by atoms with van der Waals surface area (Å²) in [6, 6.07) is 14.2. The second-order valence-corrected chi connectivity index (χ2v) is 6.61. The predicted molar refractivity (Wildman–Crippen MR) is 95.5 cm³/mol. The number of anilines is 2. The van der Waals surface area contributed by atoms with Gasteiger partial charge in [-0.1, -0.05) is 51.1 Å². The van der Waals surface area contributed by atoms with Crippen LogP contribution in [0, 0.1) is 5.41 Å². The summed E-state index contributed by atoms with van der Waals surface area (Å²) >= 11 is 0. The molecular formula is C19H25N3O. The topological polar surface area (TPSA) is 45.2 Å². The van der Waals surface area contributed by atoms with E-state index in [0.29, 0.717) is 5.82 Å². The van der Waals surface area contributed by atoms with Gasteiger partial charge in [0.05, 0.1) is 11.9 Å². The predicted octanol–water partition coefficient (Wildman–Crippen LogP) is 4.09. The van der Waals surface area contributed by atoms with Crippen molar-refractivity contribution in [2.75, 3.05) is 16.8 Å². The first-order valence-electron chi connectivity index (χ1n) is 7.96. The molecule has 0 aliphatic heterocycles. The lowest BCUT2D eigenvalue weighted by Gasteiger charge is -2.23. The minimum atomic E-state index is -0.427. The van der Waals surface area contributed by atoms with Gasteiger partial charge in [0, 0.05) is 18.5 Å². The Labute approximate surface area is 138 Å². The van der Waals surface area contributed by atoms with Crippen LogP contribution in [0.15, 0.2) is 48.7 Å². The van der Waals surface area contributed by atoms with E-state index in [-0.39, 0.29) is 5.91 Å². The van der Waals surface area contributed by atoms with Crippen LogP contribution in [0.1, 0.15) is 33.3 Å². The summed E-state index contributed by atoms with van der Waals surface area (Å²) < 4.78 is 0. The highest BCUT2D eigenvalue weighted by Crippen LogP contribution is 2.20. The molecule has 1 heterocycles. The first kappa shape index (κ1) is 17.0. The molecule has 1 aromatic carbocycles. The summed E-state index contributed by atoms with van der Waals surface area (Å²) in [5.74, 6) is 0.554. The summed E-state index contributed by atoms with van der Waals surface area (Å²) in [6.45, 7) is 9.51. The van der Waals surface area contributed by atoms with Crippen LogP contribution in [-0.4, -0.2) is 17.4 Å². The van der Waals surface area contributed by atoms with Crippen molar-refractivity contribution in [2.24, 2.45) is 5.41 Å². The highest BCUT2D eigenvalue weighted by atomic mass is 16.2. The third kappa shape index (κ3) is 4.81. The van der Waals surface area contributed by atoms with E-state index >= 15 is 0 Å². The summed E-state index contributed by atoms with van der Waals surface area (Å²) in [5, 5.41) is 2.85. The quantitative estimate of drug-likeness (QED) is 0.904. The van der Waals surface area contributed by atoms with Crippen LogP contribution in [0.25, 0.3) is 0 Å². The van der Waals surface area contributed by atoms with E-state index < -0.39 is 5.41 Å². The number of carbonyl (C=O) groups excluding carboxylic acids is 1. The maximum atomic E-state index is 12.0. The highest BCUT2D eigenvalue weighted by molar-refractivity contribution is 5.93. The van der Waals surface area contributed by atoms with Gasteiger partial charge in [-0.25, -0.2) is 4.98 Å². The smallest absolute Gasteiger partial charge is 0.230 e. The van der Waals surface area contributed by atoms with Crippen molar-refractivity contribution in [3.05, 3.63) is 54.2 Å². The first-order valence-corrected chi connectivity index (χ1v) is 7.96. The third-order valence-electron chi connectivity index (χ3n) is 3.63. The maximum absolute atomic E-state index is 12.0. The molecule has 0 spiro atoms. The summed E-state index contributed by atoms with van der Waals surface area (Å²) in [4.78, 5) is 18.6. The maximum Gasteiger partial charge on any atom is 0.230 e. The molecule has 0 radical (unpaired) electrons. The molecule has 4 nitrogen and oxygen atoms in total. The van der Waals surface area contributed by atoms with Crippen LogP contribution in [-0.2, 0) is 11.3 Å². The molecule has 0 aliphatic carbocycles. The number of benzene rings is 1. The zero-order valence-electron chi connectivity index (χ0n) is 14.3. The fourth-order valence-electron chi connectivity index (χ4n) is 2.14. The van der Waals surface area contributed by atoms with E-state index in [4.69, 9.17) is 0 Å². The van der Waals surface area contributed by atoms with Crippen molar-refractivity contribution in [1.82, 2.24) is 4.98 Å². The molecule has 2 rings (SSSR count). The molecule has 0 saturated carbocycles. The Morgan fingerprint density at radius 2 is 1.83 bits per heavy atom. The molecule has 122 valence electrons. The van der Waals surface area contributed by atoms with Crippen LogP contribution in [0.5, 0.6) is 0 Å². The molecule has 0 atom stereocenters. The summed E-state index contributed by atoms with van der Waals surface area (Å²) in [7, 11) is 0. The number of hydrogen-bond donors (Lipinski definition) is 1. The largest absolute Gasteiger partial charge is 0.366 e. The van der Waals surface area contributed by atoms with Crippen LogP contribution in [0.2, 0.25) is 0 Å². The lowest BCUT2D eigenvalue weighted by Crippen LogP contribution is -2.28. The SMILES string of the molecule is CCN(Cc1ccccc1)c1ccc(NC(=O)C(C)(C)C)nc1. The van der Waals surface area contributed by atoms with Crippen molar-refractivity contribution in [2.45, 2.75) is 34.2 Å². The van der Waals surface area contributed by atoms with Crippen LogP contribution >= 0.6 is 0 Å². The standard InChI is InChI=1S/C19H25N3O/c1-5-22(14-15-9-7-6-8-10-15)16-11-12-17(20-13-16)21-18(23)19(2,3)4/h6-13H,5,14H2,1-4H3,(H,20,21,23). The zero-order valence-corrected chi connectivity index (χ0v) is 14.3. The van der Waals surface area contributed by atoms with Gasteiger partial charge in [0.2, 0.25) is 5.91 Å². The molecule has 0 fully saturated rings. The van der Waals surface area contributed by atoms with Gasteiger partial charge in [-0.05, 0) is 24.6 Å². The molecular weight excluding hydrogens is 286 g/mol. The number of carbonyl (C=O) groups is 1. The van der Waals surface area contributed by atoms with E-state index in [1.54, 1.807) is 0 Å². The van der Waals surface area contributed by atoms with Crippen LogP contribution in [0.4, 0.5) is 11.5 Å². The Kier molecular flexibility index (Phi) is 5.37. The number of pyridine rings is 1. The van der Waals surface area contributed by atoms with Crippen molar-refractivity contribution in [3.8, 4) is 0 Å². The number of rotatable bonds is 5. The monoisotopic (exact) mass is 311 g/mol. The van der Waals surface area contributed by atoms with Gasteiger partial charge in [0.1, 0.15) is 5.82 Å². The lowest BCUT2D eigenvalue weighted by atomic mass is 9.96. The van der Waals surface area contributed by atoms with Gasteiger partial charge < -0.3 is 10.2 Å². The van der Waals surface area contributed by atoms with Gasteiger partial charge >= 0.3 is 0 Å². The molecule has 0 aliphatic rings. The fraction of sp³-hybridized carbons (Fsp3) is 0.368. The Balaban J connectivity index is 2.06. The molecule has 4 heteroatoms. The van der Waals surface area contributed by atoms with Gasteiger partial charge in [-0.3, -0.25) is 4.79 Å². The highest BCUT2D eigenvalue weighted by Gasteiger charge is 2.21. The molecule has 0 unspecified atom stereocenters. The molecule has 1 amide bonds. The number of nitrogens with one attached hydrogen (secondary N) is 1. The molecule has 2 aromatic rings. The van der Waals surface area contributed by atoms with Crippen molar-refractivity contribution in [1.29, 1.82) is 0 Å². The van der Waals surface area contributed by atoms with E-state index in [1.807, 2.05) is 57.3 Å². The average molecular weight is 311 g/mol. The normalized spacial score (nSPS) is 11.1. The summed E-state index contributed by atoms with van der Waals surface area (Å²) in [5.41, 5.74) is 1.88. The molecule has 0 saturated heterocycles. The average Bonchev–Trinajstić information content (AvgIpc) is 2.53. The lowest BCUT2D eigenvalue weighted by molar-refractivity contribution is -0.123. The molecule has 1 aromatic heterocycles. The Hall–Kier alpha value is -2.36. The number of hydrogen-bond acceptors (Lipinski definition) is 3. The second-order valence-electron chi connectivity index (χ2n) is 6.61. The van der Waals surface area contributed by atoms with E-state index in [1.165, 1.54) is 5.56 Å². The van der Waals surface area contributed by atoms with E-state index in [0.717, 1.165) is 18.8 Å². The minimum absolute atomic E-state index is 0.0330. The van der Waals surface area contributed by atoms with Crippen molar-refractivity contribution in [3.63, 3.8) is 0 Å². The van der Waals surface area contributed by atoms with E-state index in [2.05, 4.69) is 34.3 Å². The second kappa shape index (κ2) is 7.27. The van der Waals surface area contributed by atoms with Gasteiger partial charge in [-0.2, -0.15) is 0 Å². The minimum Gasteiger partial charge on any atom is -0.366 e. The molecule has 0 bridgehead atoms. The number of amides is 1. The molecule has 1 N–H and O–H groups in total. The zero-order chi connectivity index (χ0) is 16.9. The third-order valence-corrected chi connectivity index (χ3v) is 3.63. The van der Waals surface area contributed by atoms with Gasteiger partial charge in [-0.15, -0.1) is 0 Å². The summed E-state index contributed by atoms with van der Waals surface area (Å²) in [6.07, 6.45) is 1.81.